The molecule has 1 fully saturated rings. The molecule has 1 heterocycles. The summed E-state index contributed by atoms with van der Waals surface area (Å²) >= 11 is 12.1. The summed E-state index contributed by atoms with van der Waals surface area (Å²) in [6.07, 6.45) is 1.47. The molecule has 19 heavy (non-hydrogen) atoms. The second-order valence-corrected chi connectivity index (χ2v) is 5.23. The van der Waals surface area contributed by atoms with Gasteiger partial charge in [-0.3, -0.25) is 9.69 Å². The Balaban J connectivity index is 2.19. The number of hydrogen-bond acceptors (Lipinski definition) is 2. The second kappa shape index (κ2) is 5.80. The maximum Gasteiger partial charge on any atom is 0.325 e. The summed E-state index contributed by atoms with van der Waals surface area (Å²) in [5, 5.41) is 3.57. The predicted molar refractivity (Wildman–Crippen MR) is 74.2 cm³/mol. The molecule has 0 aromatic heterocycles. The quantitative estimate of drug-likeness (QED) is 0.868. The molecule has 102 valence electrons. The van der Waals surface area contributed by atoms with Crippen LogP contribution < -0.4 is 5.32 Å². The minimum atomic E-state index is -0.432. The van der Waals surface area contributed by atoms with Crippen LogP contribution in [0.5, 0.6) is 0 Å². The van der Waals surface area contributed by atoms with E-state index >= 15 is 0 Å². The van der Waals surface area contributed by atoms with Crippen LogP contribution in [-0.4, -0.2) is 22.9 Å². The summed E-state index contributed by atoms with van der Waals surface area (Å²) in [5.41, 5.74) is 0.589. The molecule has 0 spiro atoms. The standard InChI is InChI=1S/C13H14Cl2N2O2/c1-2-4-11-12(18)17(13(19)16-11)7-8-9(14)5-3-6-10(8)15/h3,5-6,11H,2,4,7H2,1H3,(H,16,19). The van der Waals surface area contributed by atoms with Crippen molar-refractivity contribution in [3.05, 3.63) is 33.8 Å². The predicted octanol–water partition coefficient (Wildman–Crippen LogP) is 3.21. The minimum Gasteiger partial charge on any atom is -0.326 e. The number of hydrogen-bond donors (Lipinski definition) is 1. The molecule has 6 heteroatoms. The number of rotatable bonds is 4. The third kappa shape index (κ3) is 2.85. The first-order chi connectivity index (χ1) is 9.04. The van der Waals surface area contributed by atoms with Crippen LogP contribution in [0.25, 0.3) is 0 Å². The lowest BCUT2D eigenvalue weighted by Gasteiger charge is -2.15. The number of benzene rings is 1. The van der Waals surface area contributed by atoms with Gasteiger partial charge in [0.1, 0.15) is 6.04 Å². The molecule has 1 unspecified atom stereocenters. The lowest BCUT2D eigenvalue weighted by atomic mass is 10.1. The summed E-state index contributed by atoms with van der Waals surface area (Å²) in [5.74, 6) is -0.220. The van der Waals surface area contributed by atoms with Crippen LogP contribution in [0.1, 0.15) is 25.3 Å². The zero-order chi connectivity index (χ0) is 14.0. The van der Waals surface area contributed by atoms with Crippen LogP contribution in [-0.2, 0) is 11.3 Å². The Hall–Kier alpha value is -1.26. The third-order valence-electron chi connectivity index (χ3n) is 3.06. The Bertz CT molecular complexity index is 499. The zero-order valence-corrected chi connectivity index (χ0v) is 12.0. The molecule has 0 bridgehead atoms. The number of carbonyl (C=O) groups is 2. The van der Waals surface area contributed by atoms with Gasteiger partial charge in [0.15, 0.2) is 0 Å². The van der Waals surface area contributed by atoms with Gasteiger partial charge in [-0.2, -0.15) is 0 Å². The summed E-state index contributed by atoms with van der Waals surface area (Å²) < 4.78 is 0. The number of halogens is 2. The van der Waals surface area contributed by atoms with Gasteiger partial charge in [0.2, 0.25) is 0 Å². The van der Waals surface area contributed by atoms with Crippen molar-refractivity contribution in [3.8, 4) is 0 Å². The van der Waals surface area contributed by atoms with Gasteiger partial charge >= 0.3 is 6.03 Å². The molecule has 1 aromatic rings. The molecule has 0 radical (unpaired) electrons. The Morgan fingerprint density at radius 2 is 1.89 bits per heavy atom. The van der Waals surface area contributed by atoms with Crippen molar-refractivity contribution in [2.75, 3.05) is 0 Å². The van der Waals surface area contributed by atoms with E-state index in [0.29, 0.717) is 22.0 Å². The maximum absolute atomic E-state index is 12.1. The highest BCUT2D eigenvalue weighted by atomic mass is 35.5. The molecule has 1 atom stereocenters. The van der Waals surface area contributed by atoms with E-state index in [-0.39, 0.29) is 18.5 Å². The molecular weight excluding hydrogens is 287 g/mol. The molecular formula is C13H14Cl2N2O2. The first-order valence-electron chi connectivity index (χ1n) is 6.09. The fourth-order valence-corrected chi connectivity index (χ4v) is 2.57. The van der Waals surface area contributed by atoms with E-state index in [1.54, 1.807) is 18.2 Å². The molecule has 1 N–H and O–H groups in total. The number of nitrogens with zero attached hydrogens (tertiary/aromatic N) is 1. The monoisotopic (exact) mass is 300 g/mol. The SMILES string of the molecule is CCCC1NC(=O)N(Cc2c(Cl)cccc2Cl)C1=O. The van der Waals surface area contributed by atoms with Gasteiger partial charge in [-0.1, -0.05) is 42.6 Å². The molecule has 0 aliphatic carbocycles. The summed E-state index contributed by atoms with van der Waals surface area (Å²) in [4.78, 5) is 25.1. The number of carbonyl (C=O) groups excluding carboxylic acids is 2. The molecule has 1 saturated heterocycles. The zero-order valence-electron chi connectivity index (χ0n) is 10.5. The van der Waals surface area contributed by atoms with Gasteiger partial charge in [-0.25, -0.2) is 4.79 Å². The van der Waals surface area contributed by atoms with Crippen molar-refractivity contribution in [2.45, 2.75) is 32.4 Å². The smallest absolute Gasteiger partial charge is 0.325 e. The Morgan fingerprint density at radius 3 is 2.47 bits per heavy atom. The summed E-state index contributed by atoms with van der Waals surface area (Å²) in [7, 11) is 0. The van der Waals surface area contributed by atoms with Crippen molar-refractivity contribution in [3.63, 3.8) is 0 Å². The van der Waals surface area contributed by atoms with Crippen molar-refractivity contribution >= 4 is 35.1 Å². The highest BCUT2D eigenvalue weighted by Crippen LogP contribution is 2.27. The fraction of sp³-hybridized carbons (Fsp3) is 0.385. The number of urea groups is 1. The Morgan fingerprint density at radius 1 is 1.26 bits per heavy atom. The van der Waals surface area contributed by atoms with Crippen LogP contribution in [0.3, 0.4) is 0 Å². The number of imide groups is 1. The Kier molecular flexibility index (Phi) is 4.32. The number of amides is 3. The Labute approximate surface area is 121 Å². The summed E-state index contributed by atoms with van der Waals surface area (Å²) in [6.45, 7) is 2.07. The average molecular weight is 301 g/mol. The van der Waals surface area contributed by atoms with Crippen molar-refractivity contribution in [1.29, 1.82) is 0 Å². The molecule has 1 aromatic carbocycles. The molecule has 0 saturated carbocycles. The second-order valence-electron chi connectivity index (χ2n) is 4.42. The van der Waals surface area contributed by atoms with Gasteiger partial charge in [-0.15, -0.1) is 0 Å². The van der Waals surface area contributed by atoms with Crippen LogP contribution in [0.2, 0.25) is 10.0 Å². The van der Waals surface area contributed by atoms with E-state index in [1.807, 2.05) is 6.92 Å². The molecule has 2 rings (SSSR count). The molecule has 4 nitrogen and oxygen atoms in total. The molecule has 3 amide bonds. The highest BCUT2D eigenvalue weighted by molar-refractivity contribution is 6.36. The van der Waals surface area contributed by atoms with Crippen LogP contribution in [0.15, 0.2) is 18.2 Å². The fourth-order valence-electron chi connectivity index (χ4n) is 2.05. The van der Waals surface area contributed by atoms with Gasteiger partial charge < -0.3 is 5.32 Å². The van der Waals surface area contributed by atoms with Gasteiger partial charge in [-0.05, 0) is 18.6 Å². The average Bonchev–Trinajstić information content (AvgIpc) is 2.61. The normalized spacial score (nSPS) is 18.9. The lowest BCUT2D eigenvalue weighted by molar-refractivity contribution is -0.128. The molecule has 1 aliphatic rings. The van der Waals surface area contributed by atoms with E-state index in [4.69, 9.17) is 23.2 Å². The van der Waals surface area contributed by atoms with Crippen molar-refractivity contribution in [1.82, 2.24) is 10.2 Å². The first-order valence-corrected chi connectivity index (χ1v) is 6.85. The largest absolute Gasteiger partial charge is 0.326 e. The van der Waals surface area contributed by atoms with E-state index in [9.17, 15) is 9.59 Å². The van der Waals surface area contributed by atoms with Crippen LogP contribution >= 0.6 is 23.2 Å². The first kappa shape index (κ1) is 14.2. The van der Waals surface area contributed by atoms with Gasteiger partial charge in [0, 0.05) is 15.6 Å². The van der Waals surface area contributed by atoms with E-state index in [2.05, 4.69) is 5.32 Å². The molecule has 1 aliphatic heterocycles. The van der Waals surface area contributed by atoms with E-state index < -0.39 is 6.04 Å². The topological polar surface area (TPSA) is 49.4 Å². The third-order valence-corrected chi connectivity index (χ3v) is 3.77. The highest BCUT2D eigenvalue weighted by Gasteiger charge is 2.37. The van der Waals surface area contributed by atoms with Crippen LogP contribution in [0, 0.1) is 0 Å². The van der Waals surface area contributed by atoms with Crippen molar-refractivity contribution < 1.29 is 9.59 Å². The maximum atomic E-state index is 12.1. The van der Waals surface area contributed by atoms with Gasteiger partial charge in [0.05, 0.1) is 6.54 Å². The van der Waals surface area contributed by atoms with Gasteiger partial charge in [0.25, 0.3) is 5.91 Å². The van der Waals surface area contributed by atoms with Crippen molar-refractivity contribution in [2.24, 2.45) is 0 Å². The van der Waals surface area contributed by atoms with E-state index in [0.717, 1.165) is 11.3 Å². The lowest BCUT2D eigenvalue weighted by Crippen LogP contribution is -2.31. The number of nitrogens with one attached hydrogen (secondary N) is 1. The summed E-state index contributed by atoms with van der Waals surface area (Å²) in [6, 6.07) is 4.27. The van der Waals surface area contributed by atoms with Crippen LogP contribution in [0.4, 0.5) is 4.79 Å². The minimum absolute atomic E-state index is 0.101. The van der Waals surface area contributed by atoms with E-state index in [1.165, 1.54) is 0 Å².